The van der Waals surface area contributed by atoms with Gasteiger partial charge in [-0.2, -0.15) is 5.10 Å². The number of ether oxygens (including phenoxy) is 1. The van der Waals surface area contributed by atoms with Crippen molar-refractivity contribution in [2.45, 2.75) is 46.0 Å². The number of halogens is 1. The molecule has 8 heteroatoms. The molecule has 0 fully saturated rings. The molecule has 0 unspecified atom stereocenters. The van der Waals surface area contributed by atoms with Gasteiger partial charge in [0.05, 0.1) is 18.5 Å². The predicted octanol–water partition coefficient (Wildman–Crippen LogP) is 5.20. The highest BCUT2D eigenvalue weighted by molar-refractivity contribution is 5.99. The lowest BCUT2D eigenvalue weighted by molar-refractivity contribution is -0.117. The topological polar surface area (TPSA) is 76.5 Å². The van der Waals surface area contributed by atoms with E-state index in [0.717, 1.165) is 24.2 Å². The second-order valence-corrected chi connectivity index (χ2v) is 9.41. The first-order valence-electron chi connectivity index (χ1n) is 11.7. The molecule has 1 aromatic heterocycles. The van der Waals surface area contributed by atoms with E-state index >= 15 is 0 Å². The molecule has 2 aromatic carbocycles. The van der Waals surface area contributed by atoms with E-state index in [1.165, 1.54) is 23.1 Å². The summed E-state index contributed by atoms with van der Waals surface area (Å²) >= 11 is 0. The van der Waals surface area contributed by atoms with Gasteiger partial charge in [0.2, 0.25) is 5.91 Å². The molecule has 0 radical (unpaired) electrons. The van der Waals surface area contributed by atoms with Gasteiger partial charge in [-0.3, -0.25) is 9.59 Å². The molecule has 7 nitrogen and oxygen atoms in total. The molecule has 0 spiro atoms. The van der Waals surface area contributed by atoms with Crippen LogP contribution in [0.1, 0.15) is 56.6 Å². The highest BCUT2D eigenvalue weighted by Crippen LogP contribution is 2.27. The van der Waals surface area contributed by atoms with Crippen molar-refractivity contribution in [2.24, 2.45) is 0 Å². The molecule has 2 amide bonds. The number of unbranched alkanes of at least 4 members (excludes halogenated alkanes) is 1. The van der Waals surface area contributed by atoms with Crippen molar-refractivity contribution in [3.8, 4) is 11.4 Å². The highest BCUT2D eigenvalue weighted by atomic mass is 19.1. The summed E-state index contributed by atoms with van der Waals surface area (Å²) in [7, 11) is 1.60. The fourth-order valence-corrected chi connectivity index (χ4v) is 3.52. The van der Waals surface area contributed by atoms with E-state index in [1.807, 2.05) is 58.0 Å². The van der Waals surface area contributed by atoms with Crippen LogP contribution in [0.5, 0.6) is 5.75 Å². The molecule has 0 aliphatic carbocycles. The van der Waals surface area contributed by atoms with E-state index in [-0.39, 0.29) is 29.3 Å². The third-order valence-electron chi connectivity index (χ3n) is 5.54. The van der Waals surface area contributed by atoms with E-state index < -0.39 is 5.82 Å². The standard InChI is InChI=1S/C27H33FN4O3/c1-6-7-15-31(26(34)19-9-8-10-20(28)16-19)18-25(33)29-24-17-23(27(2,3)4)30-32(24)21-11-13-22(35-5)14-12-21/h8-14,16-17H,6-7,15,18H2,1-5H3,(H,29,33). The Morgan fingerprint density at radius 3 is 2.43 bits per heavy atom. The molecule has 0 bridgehead atoms. The summed E-state index contributed by atoms with van der Waals surface area (Å²) in [6.07, 6.45) is 1.58. The summed E-state index contributed by atoms with van der Waals surface area (Å²) in [6, 6.07) is 14.7. The SMILES string of the molecule is CCCCN(CC(=O)Nc1cc(C(C)(C)C)nn1-c1ccc(OC)cc1)C(=O)c1cccc(F)c1. The van der Waals surface area contributed by atoms with Crippen molar-refractivity contribution in [2.75, 3.05) is 25.5 Å². The molecule has 0 saturated carbocycles. The molecule has 3 rings (SSSR count). The minimum atomic E-state index is -0.492. The summed E-state index contributed by atoms with van der Waals surface area (Å²) in [5.74, 6) is -0.0225. The monoisotopic (exact) mass is 480 g/mol. The van der Waals surface area contributed by atoms with Gasteiger partial charge in [-0.15, -0.1) is 0 Å². The van der Waals surface area contributed by atoms with Crippen LogP contribution in [0.25, 0.3) is 5.69 Å². The van der Waals surface area contributed by atoms with Gasteiger partial charge in [0, 0.05) is 23.6 Å². The summed E-state index contributed by atoms with van der Waals surface area (Å²) in [5, 5.41) is 7.64. The molecule has 0 aliphatic rings. The van der Waals surface area contributed by atoms with Crippen molar-refractivity contribution in [1.82, 2.24) is 14.7 Å². The number of hydrogen-bond acceptors (Lipinski definition) is 4. The maximum Gasteiger partial charge on any atom is 0.254 e. The van der Waals surface area contributed by atoms with Crippen molar-refractivity contribution >= 4 is 17.6 Å². The minimum Gasteiger partial charge on any atom is -0.497 e. The Morgan fingerprint density at radius 1 is 1.11 bits per heavy atom. The number of rotatable bonds is 9. The second-order valence-electron chi connectivity index (χ2n) is 9.41. The molecule has 1 N–H and O–H groups in total. The Balaban J connectivity index is 1.86. The van der Waals surface area contributed by atoms with Crippen LogP contribution >= 0.6 is 0 Å². The Labute approximate surface area is 205 Å². The van der Waals surface area contributed by atoms with Gasteiger partial charge >= 0.3 is 0 Å². The van der Waals surface area contributed by atoms with Crippen LogP contribution in [-0.4, -0.2) is 46.7 Å². The van der Waals surface area contributed by atoms with Gasteiger partial charge in [0.1, 0.15) is 23.9 Å². The van der Waals surface area contributed by atoms with E-state index in [2.05, 4.69) is 5.32 Å². The van der Waals surface area contributed by atoms with Gasteiger partial charge in [0.15, 0.2) is 0 Å². The number of carbonyl (C=O) groups excluding carboxylic acids is 2. The normalized spacial score (nSPS) is 11.3. The third-order valence-corrected chi connectivity index (χ3v) is 5.54. The molecule has 0 saturated heterocycles. The average molecular weight is 481 g/mol. The predicted molar refractivity (Wildman–Crippen MR) is 135 cm³/mol. The Morgan fingerprint density at radius 2 is 1.83 bits per heavy atom. The molecule has 1 heterocycles. The number of hydrogen-bond donors (Lipinski definition) is 1. The second kappa shape index (κ2) is 11.2. The lowest BCUT2D eigenvalue weighted by atomic mass is 9.92. The molecule has 35 heavy (non-hydrogen) atoms. The smallest absolute Gasteiger partial charge is 0.254 e. The maximum atomic E-state index is 13.7. The first-order valence-corrected chi connectivity index (χ1v) is 11.7. The number of amides is 2. The van der Waals surface area contributed by atoms with E-state index in [0.29, 0.717) is 18.1 Å². The lowest BCUT2D eigenvalue weighted by Gasteiger charge is -2.22. The molecule has 0 atom stereocenters. The van der Waals surface area contributed by atoms with Crippen molar-refractivity contribution in [3.63, 3.8) is 0 Å². The fourth-order valence-electron chi connectivity index (χ4n) is 3.52. The first kappa shape index (κ1) is 25.9. The number of aromatic nitrogens is 2. The number of anilines is 1. The zero-order chi connectivity index (χ0) is 25.6. The Hall–Kier alpha value is -3.68. The van der Waals surface area contributed by atoms with Crippen LogP contribution in [0, 0.1) is 5.82 Å². The summed E-state index contributed by atoms with van der Waals surface area (Å²) in [6.45, 7) is 8.38. The fraction of sp³-hybridized carbons (Fsp3) is 0.370. The van der Waals surface area contributed by atoms with E-state index in [4.69, 9.17) is 9.84 Å². The first-order chi connectivity index (χ1) is 16.6. The van der Waals surface area contributed by atoms with Gasteiger partial charge in [-0.25, -0.2) is 9.07 Å². The van der Waals surface area contributed by atoms with E-state index in [1.54, 1.807) is 17.9 Å². The number of methoxy groups -OCH3 is 1. The summed E-state index contributed by atoms with van der Waals surface area (Å²) < 4.78 is 20.6. The molecule has 3 aromatic rings. The van der Waals surface area contributed by atoms with Gasteiger partial charge in [-0.05, 0) is 48.9 Å². The highest BCUT2D eigenvalue weighted by Gasteiger charge is 2.23. The van der Waals surface area contributed by atoms with Crippen LogP contribution in [0.4, 0.5) is 10.2 Å². The maximum absolute atomic E-state index is 13.7. The quantitative estimate of drug-likeness (QED) is 0.457. The number of carbonyl (C=O) groups is 2. The Kier molecular flexibility index (Phi) is 8.27. The number of nitrogens with zero attached hydrogens (tertiary/aromatic N) is 3. The van der Waals surface area contributed by atoms with E-state index in [9.17, 15) is 14.0 Å². The van der Waals surface area contributed by atoms with Crippen LogP contribution in [0.3, 0.4) is 0 Å². The zero-order valence-electron chi connectivity index (χ0n) is 21.0. The molecule has 186 valence electrons. The van der Waals surface area contributed by atoms with Crippen molar-refractivity contribution in [1.29, 1.82) is 0 Å². The molecule has 0 aliphatic heterocycles. The van der Waals surface area contributed by atoms with Gasteiger partial charge in [-0.1, -0.05) is 40.2 Å². The zero-order valence-corrected chi connectivity index (χ0v) is 21.0. The van der Waals surface area contributed by atoms with Crippen LogP contribution in [-0.2, 0) is 10.2 Å². The van der Waals surface area contributed by atoms with Crippen LogP contribution in [0.2, 0.25) is 0 Å². The van der Waals surface area contributed by atoms with Crippen molar-refractivity contribution < 1.29 is 18.7 Å². The van der Waals surface area contributed by atoms with Gasteiger partial charge < -0.3 is 15.0 Å². The van der Waals surface area contributed by atoms with Crippen LogP contribution < -0.4 is 10.1 Å². The Bertz CT molecular complexity index is 1170. The van der Waals surface area contributed by atoms with Crippen LogP contribution in [0.15, 0.2) is 54.6 Å². The lowest BCUT2D eigenvalue weighted by Crippen LogP contribution is -2.39. The average Bonchev–Trinajstić information content (AvgIpc) is 3.25. The van der Waals surface area contributed by atoms with Crippen molar-refractivity contribution in [3.05, 3.63) is 71.7 Å². The number of benzene rings is 2. The molecular weight excluding hydrogens is 447 g/mol. The summed E-state index contributed by atoms with van der Waals surface area (Å²) in [5.41, 5.74) is 1.54. The number of nitrogens with one attached hydrogen (secondary N) is 1. The van der Waals surface area contributed by atoms with Gasteiger partial charge in [0.25, 0.3) is 5.91 Å². The minimum absolute atomic E-state index is 0.159. The third kappa shape index (κ3) is 6.68. The largest absolute Gasteiger partial charge is 0.497 e. The summed E-state index contributed by atoms with van der Waals surface area (Å²) in [4.78, 5) is 27.6. The molecular formula is C27H33FN4O3.